The highest BCUT2D eigenvalue weighted by Gasteiger charge is 2.12. The lowest BCUT2D eigenvalue weighted by Gasteiger charge is -2.10. The first-order valence-electron chi connectivity index (χ1n) is 4.45. The summed E-state index contributed by atoms with van der Waals surface area (Å²) in [6, 6.07) is 2.14. The minimum Gasteiger partial charge on any atom is -0.424 e. The van der Waals surface area contributed by atoms with Crippen molar-refractivity contribution in [1.82, 2.24) is 0 Å². The first-order chi connectivity index (χ1) is 7.40. The van der Waals surface area contributed by atoms with E-state index in [9.17, 15) is 14.0 Å². The fraction of sp³-hybridized carbons (Fsp3) is 0.200. The average Bonchev–Trinajstić information content (AvgIpc) is 2.11. The van der Waals surface area contributed by atoms with Crippen LogP contribution >= 0.6 is 0 Å². The van der Waals surface area contributed by atoms with Crippen LogP contribution in [0.15, 0.2) is 12.1 Å². The Bertz CT molecular complexity index is 405. The monoisotopic (exact) mass is 226 g/mol. The second-order valence-electron chi connectivity index (χ2n) is 3.14. The van der Waals surface area contributed by atoms with Gasteiger partial charge in [0, 0.05) is 19.9 Å². The predicted octanol–water partition coefficient (Wildman–Crippen LogP) is 1.29. The highest BCUT2D eigenvalue weighted by Crippen LogP contribution is 2.29. The Morgan fingerprint density at radius 2 is 2.00 bits per heavy atom. The third-order valence-electron chi connectivity index (χ3n) is 1.66. The van der Waals surface area contributed by atoms with Crippen molar-refractivity contribution in [3.63, 3.8) is 0 Å². The molecule has 0 bridgehead atoms. The summed E-state index contributed by atoms with van der Waals surface area (Å²) in [6.07, 6.45) is 0. The molecular weight excluding hydrogens is 215 g/mol. The minimum atomic E-state index is -0.717. The van der Waals surface area contributed by atoms with E-state index in [0.29, 0.717) is 0 Å². The molecule has 0 aliphatic heterocycles. The van der Waals surface area contributed by atoms with Gasteiger partial charge in [-0.05, 0) is 6.07 Å². The largest absolute Gasteiger partial charge is 0.424 e. The van der Waals surface area contributed by atoms with Crippen molar-refractivity contribution in [1.29, 1.82) is 0 Å². The Kier molecular flexibility index (Phi) is 3.44. The van der Waals surface area contributed by atoms with Gasteiger partial charge in [0.25, 0.3) is 0 Å². The molecule has 0 unspecified atom stereocenters. The Balaban J connectivity index is 3.15. The van der Waals surface area contributed by atoms with Crippen LogP contribution in [0.5, 0.6) is 5.75 Å². The van der Waals surface area contributed by atoms with Crippen LogP contribution in [0.1, 0.15) is 13.8 Å². The van der Waals surface area contributed by atoms with Gasteiger partial charge in [-0.15, -0.1) is 0 Å². The zero-order valence-corrected chi connectivity index (χ0v) is 8.83. The molecule has 0 fully saturated rings. The Morgan fingerprint density at radius 3 is 2.50 bits per heavy atom. The molecule has 0 aliphatic carbocycles. The summed E-state index contributed by atoms with van der Waals surface area (Å²) in [4.78, 5) is 21.6. The van der Waals surface area contributed by atoms with Crippen LogP contribution in [-0.2, 0) is 9.59 Å². The summed E-state index contributed by atoms with van der Waals surface area (Å²) in [7, 11) is 0. The number of carbonyl (C=O) groups is 2. The Labute approximate surface area is 91.4 Å². The number of ether oxygens (including phenoxy) is 1. The molecule has 86 valence electrons. The van der Waals surface area contributed by atoms with Crippen LogP contribution < -0.4 is 15.8 Å². The second kappa shape index (κ2) is 4.61. The van der Waals surface area contributed by atoms with E-state index in [4.69, 9.17) is 10.5 Å². The molecule has 0 saturated heterocycles. The van der Waals surface area contributed by atoms with E-state index in [0.717, 1.165) is 6.07 Å². The summed E-state index contributed by atoms with van der Waals surface area (Å²) >= 11 is 0. The molecule has 0 saturated carbocycles. The molecule has 5 nitrogen and oxygen atoms in total. The molecule has 0 heterocycles. The lowest BCUT2D eigenvalue weighted by atomic mass is 10.2. The number of carbonyl (C=O) groups excluding carboxylic acids is 2. The topological polar surface area (TPSA) is 81.4 Å². The SMILES string of the molecule is CC(=O)Nc1cc(N)c(F)cc1OC(C)=O. The minimum absolute atomic E-state index is 0.0746. The van der Waals surface area contributed by atoms with Gasteiger partial charge in [-0.3, -0.25) is 9.59 Å². The molecular formula is C10H11FN2O3. The zero-order valence-electron chi connectivity index (χ0n) is 8.83. The van der Waals surface area contributed by atoms with Crippen molar-refractivity contribution in [3.8, 4) is 5.75 Å². The van der Waals surface area contributed by atoms with Crippen LogP contribution in [0.4, 0.5) is 15.8 Å². The fourth-order valence-corrected chi connectivity index (χ4v) is 1.10. The van der Waals surface area contributed by atoms with Gasteiger partial charge in [-0.1, -0.05) is 0 Å². The molecule has 1 amide bonds. The highest BCUT2D eigenvalue weighted by molar-refractivity contribution is 5.91. The fourth-order valence-electron chi connectivity index (χ4n) is 1.10. The van der Waals surface area contributed by atoms with Crippen LogP contribution in [-0.4, -0.2) is 11.9 Å². The second-order valence-corrected chi connectivity index (χ2v) is 3.14. The van der Waals surface area contributed by atoms with E-state index in [-0.39, 0.29) is 23.0 Å². The number of nitrogens with one attached hydrogen (secondary N) is 1. The summed E-state index contributed by atoms with van der Waals surface area (Å²) in [5.74, 6) is -1.78. The van der Waals surface area contributed by atoms with E-state index in [1.807, 2.05) is 0 Å². The molecule has 0 atom stereocenters. The number of hydrogen-bond acceptors (Lipinski definition) is 4. The lowest BCUT2D eigenvalue weighted by molar-refractivity contribution is -0.131. The smallest absolute Gasteiger partial charge is 0.308 e. The summed E-state index contributed by atoms with van der Waals surface area (Å²) in [6.45, 7) is 2.45. The number of benzene rings is 1. The van der Waals surface area contributed by atoms with Crippen molar-refractivity contribution in [2.75, 3.05) is 11.1 Å². The van der Waals surface area contributed by atoms with Crippen molar-refractivity contribution in [2.45, 2.75) is 13.8 Å². The van der Waals surface area contributed by atoms with Crippen molar-refractivity contribution < 1.29 is 18.7 Å². The van der Waals surface area contributed by atoms with Crippen molar-refractivity contribution in [3.05, 3.63) is 17.9 Å². The number of rotatable bonds is 2. The van der Waals surface area contributed by atoms with Gasteiger partial charge in [-0.2, -0.15) is 0 Å². The maximum absolute atomic E-state index is 13.1. The van der Waals surface area contributed by atoms with Gasteiger partial charge in [0.1, 0.15) is 5.82 Å². The molecule has 6 heteroatoms. The summed E-state index contributed by atoms with van der Waals surface area (Å²) in [5, 5.41) is 2.38. The number of anilines is 2. The molecule has 16 heavy (non-hydrogen) atoms. The molecule has 0 spiro atoms. The van der Waals surface area contributed by atoms with E-state index < -0.39 is 11.8 Å². The standard InChI is InChI=1S/C10H11FN2O3/c1-5(14)13-9-4-8(12)7(11)3-10(9)16-6(2)15/h3-4H,12H2,1-2H3,(H,13,14). The summed E-state index contributed by atoms with van der Waals surface area (Å²) < 4.78 is 17.9. The number of nitrogens with two attached hydrogens (primary N) is 1. The predicted molar refractivity (Wildman–Crippen MR) is 56.4 cm³/mol. The van der Waals surface area contributed by atoms with E-state index in [1.54, 1.807) is 0 Å². The molecule has 0 radical (unpaired) electrons. The van der Waals surface area contributed by atoms with Crippen LogP contribution in [0.2, 0.25) is 0 Å². The average molecular weight is 226 g/mol. The highest BCUT2D eigenvalue weighted by atomic mass is 19.1. The summed E-state index contributed by atoms with van der Waals surface area (Å²) in [5.41, 5.74) is 5.34. The maximum atomic E-state index is 13.1. The molecule has 1 rings (SSSR count). The van der Waals surface area contributed by atoms with Gasteiger partial charge in [-0.25, -0.2) is 4.39 Å². The zero-order chi connectivity index (χ0) is 12.3. The number of halogens is 1. The van der Waals surface area contributed by atoms with Crippen molar-refractivity contribution >= 4 is 23.3 Å². The quantitative estimate of drug-likeness (QED) is 0.452. The third-order valence-corrected chi connectivity index (χ3v) is 1.66. The molecule has 1 aromatic rings. The number of esters is 1. The Hall–Kier alpha value is -2.11. The normalized spacial score (nSPS) is 9.69. The first kappa shape index (κ1) is 12.0. The first-order valence-corrected chi connectivity index (χ1v) is 4.45. The van der Waals surface area contributed by atoms with E-state index >= 15 is 0 Å². The van der Waals surface area contributed by atoms with Gasteiger partial charge < -0.3 is 15.8 Å². The Morgan fingerprint density at radius 1 is 1.38 bits per heavy atom. The van der Waals surface area contributed by atoms with Gasteiger partial charge in [0.2, 0.25) is 5.91 Å². The molecule has 3 N–H and O–H groups in total. The number of nitrogen functional groups attached to an aromatic ring is 1. The number of amides is 1. The maximum Gasteiger partial charge on any atom is 0.308 e. The molecule has 1 aromatic carbocycles. The van der Waals surface area contributed by atoms with E-state index in [2.05, 4.69) is 5.32 Å². The number of hydrogen-bond donors (Lipinski definition) is 2. The molecule has 0 aliphatic rings. The van der Waals surface area contributed by atoms with Crippen LogP contribution in [0, 0.1) is 5.82 Å². The van der Waals surface area contributed by atoms with Crippen molar-refractivity contribution in [2.24, 2.45) is 0 Å². The van der Waals surface area contributed by atoms with E-state index in [1.165, 1.54) is 19.9 Å². The van der Waals surface area contributed by atoms with Gasteiger partial charge in [0.05, 0.1) is 11.4 Å². The van der Waals surface area contributed by atoms with Crippen LogP contribution in [0.3, 0.4) is 0 Å². The van der Waals surface area contributed by atoms with Crippen LogP contribution in [0.25, 0.3) is 0 Å². The molecule has 0 aromatic heterocycles. The van der Waals surface area contributed by atoms with Gasteiger partial charge >= 0.3 is 5.97 Å². The third kappa shape index (κ3) is 2.94. The lowest BCUT2D eigenvalue weighted by Crippen LogP contribution is -2.11. The van der Waals surface area contributed by atoms with Gasteiger partial charge in [0.15, 0.2) is 5.75 Å².